The molecule has 1 aliphatic carbocycles. The van der Waals surface area contributed by atoms with Gasteiger partial charge in [0.2, 0.25) is 6.54 Å². The zero-order valence-electron chi connectivity index (χ0n) is 24.2. The van der Waals surface area contributed by atoms with Crippen molar-refractivity contribution < 1.29 is 23.8 Å². The second kappa shape index (κ2) is 12.1. The Balaban J connectivity index is 1.33. The molecule has 3 aliphatic rings. The lowest BCUT2D eigenvalue weighted by Gasteiger charge is -2.41. The largest absolute Gasteiger partial charge is 0.508 e. The molecule has 1 saturated carbocycles. The number of carbonyl (C=O) groups is 1. The van der Waals surface area contributed by atoms with Crippen molar-refractivity contribution in [1.82, 2.24) is 14.9 Å². The molecule has 2 aromatic carbocycles. The predicted molar refractivity (Wildman–Crippen MR) is 161 cm³/mol. The second-order valence-electron chi connectivity index (χ2n) is 11.4. The number of aromatic hydroxyl groups is 1. The number of hydrogen-bond acceptors (Lipinski definition) is 8. The third kappa shape index (κ3) is 6.20. The molecule has 6 rings (SSSR count). The number of hydrogen-bond donors (Lipinski definition) is 1. The number of aromatic nitrogens is 2. The molecule has 2 atom stereocenters. The van der Waals surface area contributed by atoms with Gasteiger partial charge >= 0.3 is 6.01 Å². The van der Waals surface area contributed by atoms with E-state index in [1.807, 2.05) is 31.2 Å². The summed E-state index contributed by atoms with van der Waals surface area (Å²) in [6.07, 6.45) is 2.82. The number of anilines is 2. The van der Waals surface area contributed by atoms with Gasteiger partial charge in [-0.2, -0.15) is 9.97 Å². The number of amides is 1. The maximum absolute atomic E-state index is 13.8. The van der Waals surface area contributed by atoms with Crippen molar-refractivity contribution >= 4 is 28.2 Å². The van der Waals surface area contributed by atoms with Gasteiger partial charge in [-0.05, 0) is 37.6 Å². The zero-order chi connectivity index (χ0) is 30.1. The Bertz CT molecular complexity index is 1590. The van der Waals surface area contributed by atoms with E-state index in [4.69, 9.17) is 26.0 Å². The van der Waals surface area contributed by atoms with E-state index < -0.39 is 17.8 Å². The van der Waals surface area contributed by atoms with Crippen LogP contribution in [0.25, 0.3) is 15.6 Å². The van der Waals surface area contributed by atoms with Gasteiger partial charge in [0.25, 0.3) is 5.91 Å². The van der Waals surface area contributed by atoms with Gasteiger partial charge in [-0.25, -0.2) is 11.0 Å². The van der Waals surface area contributed by atoms with Gasteiger partial charge in [-0.3, -0.25) is 4.79 Å². The molecule has 0 radical (unpaired) electrons. The van der Waals surface area contributed by atoms with Crippen LogP contribution in [0.15, 0.2) is 48.8 Å². The van der Waals surface area contributed by atoms with E-state index in [1.54, 1.807) is 12.1 Å². The molecule has 3 aromatic rings. The number of phenols is 1. The van der Waals surface area contributed by atoms with Crippen molar-refractivity contribution in [3.05, 3.63) is 71.5 Å². The number of phenolic OH excluding ortho intramolecular Hbond substituents is 1. The van der Waals surface area contributed by atoms with E-state index in [1.165, 1.54) is 4.90 Å². The Kier molecular flexibility index (Phi) is 8.04. The first-order chi connectivity index (χ1) is 20.8. The minimum absolute atomic E-state index is 0.0417. The maximum Gasteiger partial charge on any atom is 0.319 e. The highest BCUT2D eigenvalue weighted by Crippen LogP contribution is 2.37. The lowest BCUT2D eigenvalue weighted by molar-refractivity contribution is -0.131. The molecule has 1 saturated heterocycles. The standard InChI is InChI=1S/C32H35FN6O4/c1-20(19-42-25-8-9-25)43-32-35-28-18-37(29-15-24(40)14-22-6-4-5-7-26(22)29)11-10-27(28)30(36-32)38-12-13-39(31(41)21(2)33)23(17-38)16-34-3/h4-7,14-15,20,23,25,40H,2,8-13,16-19H2,1H3/t20-,23+/m1/s1. The van der Waals surface area contributed by atoms with Crippen LogP contribution in [0, 0.1) is 6.57 Å². The average Bonchev–Trinajstić information content (AvgIpc) is 3.83. The molecule has 2 aliphatic heterocycles. The van der Waals surface area contributed by atoms with Crippen LogP contribution in [-0.2, 0) is 22.5 Å². The van der Waals surface area contributed by atoms with Crippen molar-refractivity contribution in [1.29, 1.82) is 0 Å². The molecule has 0 bridgehead atoms. The Morgan fingerprint density at radius 3 is 2.79 bits per heavy atom. The van der Waals surface area contributed by atoms with Crippen LogP contribution in [-0.4, -0.2) is 83.5 Å². The monoisotopic (exact) mass is 586 g/mol. The summed E-state index contributed by atoms with van der Waals surface area (Å²) >= 11 is 0. The van der Waals surface area contributed by atoms with Gasteiger partial charge in [0, 0.05) is 48.9 Å². The predicted octanol–water partition coefficient (Wildman–Crippen LogP) is 4.26. The fourth-order valence-electron chi connectivity index (χ4n) is 5.90. The van der Waals surface area contributed by atoms with E-state index in [0.29, 0.717) is 51.1 Å². The van der Waals surface area contributed by atoms with Gasteiger partial charge < -0.3 is 34.1 Å². The van der Waals surface area contributed by atoms with E-state index in [0.717, 1.165) is 40.6 Å². The lowest BCUT2D eigenvalue weighted by Crippen LogP contribution is -2.57. The Labute approximate surface area is 250 Å². The summed E-state index contributed by atoms with van der Waals surface area (Å²) in [7, 11) is 0. The van der Waals surface area contributed by atoms with E-state index in [-0.39, 0.29) is 31.0 Å². The summed E-state index contributed by atoms with van der Waals surface area (Å²) in [6.45, 7) is 15.1. The molecule has 1 aromatic heterocycles. The molecular formula is C32H35FN6O4. The van der Waals surface area contributed by atoms with E-state index in [9.17, 15) is 14.3 Å². The van der Waals surface area contributed by atoms with Gasteiger partial charge in [-0.15, -0.1) is 0 Å². The fraction of sp³-hybridized carbons (Fsp3) is 0.438. The third-order valence-corrected chi connectivity index (χ3v) is 8.16. The summed E-state index contributed by atoms with van der Waals surface area (Å²) in [5, 5.41) is 12.5. The third-order valence-electron chi connectivity index (χ3n) is 8.16. The quantitative estimate of drug-likeness (QED) is 0.294. The molecule has 224 valence electrons. The fourth-order valence-corrected chi connectivity index (χ4v) is 5.90. The normalized spacial score (nSPS) is 19.1. The lowest BCUT2D eigenvalue weighted by atomic mass is 10.0. The number of fused-ring (bicyclic) bond motifs is 2. The molecular weight excluding hydrogens is 551 g/mol. The zero-order valence-corrected chi connectivity index (χ0v) is 24.2. The first-order valence-electron chi connectivity index (χ1n) is 14.7. The van der Waals surface area contributed by atoms with Crippen molar-refractivity contribution in [3.8, 4) is 11.8 Å². The van der Waals surface area contributed by atoms with Crippen LogP contribution in [0.2, 0.25) is 0 Å². The smallest absolute Gasteiger partial charge is 0.319 e. The highest BCUT2D eigenvalue weighted by molar-refractivity contribution is 5.95. The first-order valence-corrected chi connectivity index (χ1v) is 14.7. The minimum atomic E-state index is -1.03. The number of carbonyl (C=O) groups excluding carboxylic acids is 1. The highest BCUT2D eigenvalue weighted by atomic mass is 19.1. The number of nitrogens with zero attached hydrogens (tertiary/aromatic N) is 6. The molecule has 10 nitrogen and oxygen atoms in total. The Morgan fingerprint density at radius 1 is 1.21 bits per heavy atom. The van der Waals surface area contributed by atoms with Crippen LogP contribution in [0.5, 0.6) is 11.8 Å². The number of ether oxygens (including phenoxy) is 2. The van der Waals surface area contributed by atoms with Crippen LogP contribution >= 0.6 is 0 Å². The number of rotatable bonds is 9. The van der Waals surface area contributed by atoms with E-state index >= 15 is 0 Å². The SMILES string of the molecule is [C-]#[N+]C[C@H]1CN(c2nc(O[C@H](C)COC3CC3)nc3c2CCN(c2cc(O)cc4ccccc24)C3)CCN1C(=O)C(=C)F. The summed E-state index contributed by atoms with van der Waals surface area (Å²) < 4.78 is 25.8. The molecule has 0 unspecified atom stereocenters. The van der Waals surface area contributed by atoms with Crippen LogP contribution < -0.4 is 14.5 Å². The maximum atomic E-state index is 13.8. The molecule has 43 heavy (non-hydrogen) atoms. The van der Waals surface area contributed by atoms with Crippen LogP contribution in [0.4, 0.5) is 15.9 Å². The summed E-state index contributed by atoms with van der Waals surface area (Å²) in [4.78, 5) is 31.4. The van der Waals surface area contributed by atoms with Crippen LogP contribution in [0.3, 0.4) is 0 Å². The molecule has 11 heteroatoms. The van der Waals surface area contributed by atoms with Crippen molar-refractivity contribution in [2.45, 2.75) is 51.0 Å². The average molecular weight is 587 g/mol. The van der Waals surface area contributed by atoms with Crippen molar-refractivity contribution in [2.75, 3.05) is 49.1 Å². The number of piperazine rings is 1. The Hall–Kier alpha value is -4.43. The molecule has 0 spiro atoms. The van der Waals surface area contributed by atoms with Gasteiger partial charge in [0.05, 0.1) is 24.9 Å². The van der Waals surface area contributed by atoms with Gasteiger partial charge in [-0.1, -0.05) is 30.8 Å². The summed E-state index contributed by atoms with van der Waals surface area (Å²) in [6, 6.07) is 11.2. The van der Waals surface area contributed by atoms with Crippen molar-refractivity contribution in [2.24, 2.45) is 0 Å². The topological polar surface area (TPSA) is 95.6 Å². The highest BCUT2D eigenvalue weighted by Gasteiger charge is 2.36. The number of halogens is 1. The minimum Gasteiger partial charge on any atom is -0.508 e. The molecule has 1 N–H and O–H groups in total. The Morgan fingerprint density at radius 2 is 2.02 bits per heavy atom. The van der Waals surface area contributed by atoms with E-state index in [2.05, 4.69) is 21.2 Å². The van der Waals surface area contributed by atoms with Crippen molar-refractivity contribution in [3.63, 3.8) is 0 Å². The van der Waals surface area contributed by atoms with Gasteiger partial charge in [0.15, 0.2) is 5.83 Å². The second-order valence-corrected chi connectivity index (χ2v) is 11.4. The summed E-state index contributed by atoms with van der Waals surface area (Å²) in [5.74, 6) is -0.900. The van der Waals surface area contributed by atoms with Gasteiger partial charge in [0.1, 0.15) is 23.7 Å². The summed E-state index contributed by atoms with van der Waals surface area (Å²) in [5.41, 5.74) is 2.71. The van der Waals surface area contributed by atoms with Crippen LogP contribution in [0.1, 0.15) is 31.0 Å². The molecule has 3 heterocycles. The first kappa shape index (κ1) is 28.7. The molecule has 2 fully saturated rings. The molecule has 1 amide bonds. The number of benzene rings is 2.